The van der Waals surface area contributed by atoms with E-state index in [-0.39, 0.29) is 6.04 Å². The first-order chi connectivity index (χ1) is 8.56. The van der Waals surface area contributed by atoms with Crippen molar-refractivity contribution in [3.63, 3.8) is 0 Å². The fraction of sp³-hybridized carbons (Fsp3) is 0.600. The standard InChI is InChI=1S/C15H23NOS/c1-10-8-14(5-4-13(10)9-11(2)16)18-15-6-7-17-12(15)3/h4-5,8,11-12,15H,6-7,9,16H2,1-3H3. The van der Waals surface area contributed by atoms with Crippen LogP contribution in [0.2, 0.25) is 0 Å². The third-order valence-corrected chi connectivity index (χ3v) is 4.90. The van der Waals surface area contributed by atoms with Gasteiger partial charge in [-0.1, -0.05) is 6.07 Å². The number of ether oxygens (including phenoxy) is 1. The molecule has 1 heterocycles. The lowest BCUT2D eigenvalue weighted by atomic mass is 10.0. The second-order valence-electron chi connectivity index (χ2n) is 5.29. The van der Waals surface area contributed by atoms with E-state index in [0.717, 1.165) is 19.4 Å². The molecular formula is C15H23NOS. The van der Waals surface area contributed by atoms with Crippen LogP contribution in [0.25, 0.3) is 0 Å². The highest BCUT2D eigenvalue weighted by Gasteiger charge is 2.25. The zero-order valence-corrected chi connectivity index (χ0v) is 12.3. The van der Waals surface area contributed by atoms with Crippen LogP contribution in [0.3, 0.4) is 0 Å². The number of nitrogens with two attached hydrogens (primary N) is 1. The van der Waals surface area contributed by atoms with E-state index in [1.54, 1.807) is 0 Å². The highest BCUT2D eigenvalue weighted by molar-refractivity contribution is 8.00. The van der Waals surface area contributed by atoms with Gasteiger partial charge in [-0.2, -0.15) is 0 Å². The van der Waals surface area contributed by atoms with Crippen LogP contribution >= 0.6 is 11.8 Å². The van der Waals surface area contributed by atoms with E-state index in [2.05, 4.69) is 39.0 Å². The molecule has 1 fully saturated rings. The van der Waals surface area contributed by atoms with Crippen molar-refractivity contribution in [2.45, 2.75) is 55.9 Å². The third-order valence-electron chi connectivity index (χ3n) is 3.45. The van der Waals surface area contributed by atoms with Crippen molar-refractivity contribution in [3.8, 4) is 0 Å². The molecule has 1 aromatic rings. The fourth-order valence-electron chi connectivity index (χ4n) is 2.36. The summed E-state index contributed by atoms with van der Waals surface area (Å²) in [7, 11) is 0. The van der Waals surface area contributed by atoms with Gasteiger partial charge in [0.15, 0.2) is 0 Å². The summed E-state index contributed by atoms with van der Waals surface area (Å²) >= 11 is 1.94. The van der Waals surface area contributed by atoms with Gasteiger partial charge in [0, 0.05) is 22.8 Å². The van der Waals surface area contributed by atoms with E-state index < -0.39 is 0 Å². The van der Waals surface area contributed by atoms with E-state index in [9.17, 15) is 0 Å². The summed E-state index contributed by atoms with van der Waals surface area (Å²) in [5, 5.41) is 0.601. The zero-order valence-electron chi connectivity index (χ0n) is 11.5. The molecule has 3 atom stereocenters. The molecule has 3 unspecified atom stereocenters. The van der Waals surface area contributed by atoms with Crippen LogP contribution in [0, 0.1) is 6.92 Å². The minimum absolute atomic E-state index is 0.227. The zero-order chi connectivity index (χ0) is 13.1. The molecule has 3 heteroatoms. The largest absolute Gasteiger partial charge is 0.377 e. The Hall–Kier alpha value is -0.510. The van der Waals surface area contributed by atoms with Gasteiger partial charge in [-0.25, -0.2) is 0 Å². The first-order valence-corrected chi connectivity index (χ1v) is 7.57. The predicted octanol–water partition coefficient (Wildman–Crippen LogP) is 3.15. The fourth-order valence-corrected chi connectivity index (χ4v) is 3.58. The number of aryl methyl sites for hydroxylation is 1. The van der Waals surface area contributed by atoms with Crippen LogP contribution in [0.15, 0.2) is 23.1 Å². The predicted molar refractivity (Wildman–Crippen MR) is 78.2 cm³/mol. The molecule has 0 aliphatic carbocycles. The first-order valence-electron chi connectivity index (χ1n) is 6.69. The molecule has 0 bridgehead atoms. The molecule has 0 aromatic heterocycles. The van der Waals surface area contributed by atoms with Crippen molar-refractivity contribution in [2.24, 2.45) is 5.73 Å². The number of benzene rings is 1. The quantitative estimate of drug-likeness (QED) is 0.908. The van der Waals surface area contributed by atoms with Crippen LogP contribution in [-0.4, -0.2) is 24.0 Å². The molecule has 0 saturated carbocycles. The van der Waals surface area contributed by atoms with Crippen molar-refractivity contribution in [1.82, 2.24) is 0 Å². The van der Waals surface area contributed by atoms with Gasteiger partial charge in [0.2, 0.25) is 0 Å². The molecule has 0 amide bonds. The van der Waals surface area contributed by atoms with Gasteiger partial charge in [-0.3, -0.25) is 0 Å². The third kappa shape index (κ3) is 3.50. The molecule has 0 spiro atoms. The SMILES string of the molecule is Cc1cc(SC2CCOC2C)ccc1CC(C)N. The number of thioether (sulfide) groups is 1. The van der Waals surface area contributed by atoms with Crippen LogP contribution in [0.4, 0.5) is 0 Å². The molecule has 2 rings (SSSR count). The van der Waals surface area contributed by atoms with Gasteiger partial charge < -0.3 is 10.5 Å². The topological polar surface area (TPSA) is 35.2 Å². The van der Waals surface area contributed by atoms with Gasteiger partial charge in [0.25, 0.3) is 0 Å². The maximum Gasteiger partial charge on any atom is 0.0669 e. The average molecular weight is 265 g/mol. The lowest BCUT2D eigenvalue weighted by Crippen LogP contribution is -2.18. The smallest absolute Gasteiger partial charge is 0.0669 e. The van der Waals surface area contributed by atoms with Gasteiger partial charge in [-0.15, -0.1) is 11.8 Å². The van der Waals surface area contributed by atoms with E-state index in [0.29, 0.717) is 11.4 Å². The van der Waals surface area contributed by atoms with E-state index in [4.69, 9.17) is 10.5 Å². The Kier molecular flexibility index (Phi) is 4.71. The highest BCUT2D eigenvalue weighted by Crippen LogP contribution is 2.33. The molecule has 1 aliphatic rings. The molecule has 2 N–H and O–H groups in total. The van der Waals surface area contributed by atoms with Gasteiger partial charge >= 0.3 is 0 Å². The Bertz CT molecular complexity index is 405. The molecule has 18 heavy (non-hydrogen) atoms. The Balaban J connectivity index is 2.04. The van der Waals surface area contributed by atoms with E-state index >= 15 is 0 Å². The second kappa shape index (κ2) is 6.09. The maximum absolute atomic E-state index is 5.86. The summed E-state index contributed by atoms with van der Waals surface area (Å²) in [4.78, 5) is 1.35. The molecule has 1 aliphatic heterocycles. The molecular weight excluding hydrogens is 242 g/mol. The Morgan fingerprint density at radius 2 is 2.28 bits per heavy atom. The number of hydrogen-bond donors (Lipinski definition) is 1. The van der Waals surface area contributed by atoms with E-state index in [1.165, 1.54) is 16.0 Å². The minimum Gasteiger partial charge on any atom is -0.377 e. The van der Waals surface area contributed by atoms with Crippen LogP contribution in [-0.2, 0) is 11.2 Å². The highest BCUT2D eigenvalue weighted by atomic mass is 32.2. The summed E-state index contributed by atoms with van der Waals surface area (Å²) in [6, 6.07) is 6.96. The van der Waals surface area contributed by atoms with Gasteiger partial charge in [0.1, 0.15) is 0 Å². The van der Waals surface area contributed by atoms with Crippen molar-refractivity contribution in [1.29, 1.82) is 0 Å². The maximum atomic E-state index is 5.86. The monoisotopic (exact) mass is 265 g/mol. The first kappa shape index (κ1) is 13.9. The Labute approximate surface area is 114 Å². The number of hydrogen-bond acceptors (Lipinski definition) is 3. The van der Waals surface area contributed by atoms with Gasteiger partial charge in [0.05, 0.1) is 6.10 Å². The second-order valence-corrected chi connectivity index (χ2v) is 6.60. The molecule has 0 radical (unpaired) electrons. The number of rotatable bonds is 4. The van der Waals surface area contributed by atoms with Crippen LogP contribution in [0.1, 0.15) is 31.4 Å². The summed E-state index contributed by atoms with van der Waals surface area (Å²) in [6.45, 7) is 7.30. The summed E-state index contributed by atoms with van der Waals surface area (Å²) in [5.41, 5.74) is 8.58. The molecule has 2 nitrogen and oxygen atoms in total. The molecule has 100 valence electrons. The van der Waals surface area contributed by atoms with E-state index in [1.807, 2.05) is 11.8 Å². The Morgan fingerprint density at radius 1 is 1.50 bits per heavy atom. The van der Waals surface area contributed by atoms with Gasteiger partial charge in [-0.05, 0) is 56.9 Å². The Morgan fingerprint density at radius 3 is 2.83 bits per heavy atom. The van der Waals surface area contributed by atoms with Crippen LogP contribution < -0.4 is 5.73 Å². The van der Waals surface area contributed by atoms with Crippen LogP contribution in [0.5, 0.6) is 0 Å². The summed E-state index contributed by atoms with van der Waals surface area (Å²) < 4.78 is 5.61. The van der Waals surface area contributed by atoms with Crippen molar-refractivity contribution in [2.75, 3.05) is 6.61 Å². The normalized spacial score (nSPS) is 25.3. The molecule has 1 aromatic carbocycles. The summed E-state index contributed by atoms with van der Waals surface area (Å²) in [6.07, 6.45) is 2.49. The average Bonchev–Trinajstić information content (AvgIpc) is 2.68. The lowest BCUT2D eigenvalue weighted by molar-refractivity contribution is 0.127. The lowest BCUT2D eigenvalue weighted by Gasteiger charge is -2.15. The minimum atomic E-state index is 0.227. The van der Waals surface area contributed by atoms with Crippen molar-refractivity contribution < 1.29 is 4.74 Å². The summed E-state index contributed by atoms with van der Waals surface area (Å²) in [5.74, 6) is 0. The molecule has 1 saturated heterocycles. The van der Waals surface area contributed by atoms with Crippen molar-refractivity contribution >= 4 is 11.8 Å². The van der Waals surface area contributed by atoms with Crippen molar-refractivity contribution in [3.05, 3.63) is 29.3 Å².